The number of nitrogens with zero attached hydrogens (tertiary/aromatic N) is 4. The average Bonchev–Trinajstić information content (AvgIpc) is 3.02. The van der Waals surface area contributed by atoms with Crippen LogP contribution >= 0.6 is 0 Å². The van der Waals surface area contributed by atoms with Crippen LogP contribution in [-0.4, -0.2) is 68.3 Å². The smallest absolute Gasteiger partial charge is 0.415 e. The number of piperazine rings is 1. The molecule has 1 saturated heterocycles. The van der Waals surface area contributed by atoms with Crippen LogP contribution in [0.4, 0.5) is 37.8 Å². The topological polar surface area (TPSA) is 62.7 Å². The summed E-state index contributed by atoms with van der Waals surface area (Å²) in [7, 11) is 3.45. The lowest BCUT2D eigenvalue weighted by Crippen LogP contribution is -2.58. The van der Waals surface area contributed by atoms with E-state index in [4.69, 9.17) is 9.72 Å². The molecule has 48 heavy (non-hydrogen) atoms. The number of carbonyl (C=O) groups is 2. The van der Waals surface area contributed by atoms with Crippen molar-refractivity contribution in [3.63, 3.8) is 0 Å². The number of anilines is 2. The van der Waals surface area contributed by atoms with Crippen molar-refractivity contribution >= 4 is 23.4 Å². The van der Waals surface area contributed by atoms with Crippen LogP contribution in [0.25, 0.3) is 11.1 Å². The van der Waals surface area contributed by atoms with Crippen molar-refractivity contribution in [2.24, 2.45) is 0 Å². The van der Waals surface area contributed by atoms with Crippen molar-refractivity contribution < 1.29 is 45.2 Å². The van der Waals surface area contributed by atoms with Crippen LogP contribution < -0.4 is 9.80 Å². The van der Waals surface area contributed by atoms with Crippen LogP contribution in [0.15, 0.2) is 54.7 Å². The molecule has 1 amide bonds. The largest absolute Gasteiger partial charge is 0.416 e. The quantitative estimate of drug-likeness (QED) is 0.133. The predicted molar refractivity (Wildman–Crippen MR) is 171 cm³/mol. The molecule has 0 atom stereocenters. The summed E-state index contributed by atoms with van der Waals surface area (Å²) in [6.45, 7) is 9.28. The number of esters is 1. The van der Waals surface area contributed by atoms with E-state index >= 15 is 0 Å². The molecule has 4 rings (SSSR count). The summed E-state index contributed by atoms with van der Waals surface area (Å²) in [6.07, 6.45) is -7.54. The Bertz CT molecular complexity index is 1610. The molecular formula is C35H41F6N4O3+. The summed E-state index contributed by atoms with van der Waals surface area (Å²) in [6, 6.07) is 10.6. The van der Waals surface area contributed by atoms with E-state index in [1.807, 2.05) is 45.2 Å². The van der Waals surface area contributed by atoms with Crippen molar-refractivity contribution in [3.05, 3.63) is 77.0 Å². The minimum atomic E-state index is -5.05. The summed E-state index contributed by atoms with van der Waals surface area (Å²) in [5, 5.41) is 0. The molecule has 1 aromatic heterocycles. The maximum atomic E-state index is 13.9. The summed E-state index contributed by atoms with van der Waals surface area (Å²) in [5.41, 5.74) is -2.33. The van der Waals surface area contributed by atoms with Gasteiger partial charge in [0.25, 0.3) is 0 Å². The molecule has 0 unspecified atom stereocenters. The fourth-order valence-electron chi connectivity index (χ4n) is 5.72. The zero-order valence-electron chi connectivity index (χ0n) is 27.9. The third-order valence-corrected chi connectivity index (χ3v) is 8.93. The second-order valence-electron chi connectivity index (χ2n) is 13.1. The molecule has 0 bridgehead atoms. The van der Waals surface area contributed by atoms with Gasteiger partial charge in [0, 0.05) is 19.0 Å². The number of aromatic nitrogens is 1. The van der Waals surface area contributed by atoms with Crippen molar-refractivity contribution in [2.45, 2.75) is 58.3 Å². The van der Waals surface area contributed by atoms with E-state index in [1.54, 1.807) is 6.07 Å². The number of hydrogen-bond donors (Lipinski definition) is 0. The van der Waals surface area contributed by atoms with Gasteiger partial charge in [0.15, 0.2) is 0 Å². The number of alkyl halides is 6. The van der Waals surface area contributed by atoms with Crippen LogP contribution in [0, 0.1) is 6.92 Å². The summed E-state index contributed by atoms with van der Waals surface area (Å²) >= 11 is 0. The highest BCUT2D eigenvalue weighted by Gasteiger charge is 2.41. The lowest BCUT2D eigenvalue weighted by Gasteiger charge is -2.42. The first-order valence-electron chi connectivity index (χ1n) is 15.6. The Kier molecular flexibility index (Phi) is 10.5. The van der Waals surface area contributed by atoms with Crippen LogP contribution in [0.2, 0.25) is 0 Å². The van der Waals surface area contributed by atoms with Crippen molar-refractivity contribution in [2.75, 3.05) is 56.8 Å². The number of hydrogen-bond acceptors (Lipinski definition) is 5. The molecule has 2 aromatic carbocycles. The third kappa shape index (κ3) is 8.11. The van der Waals surface area contributed by atoms with Crippen LogP contribution in [0.1, 0.15) is 55.9 Å². The Labute approximate surface area is 276 Å². The molecule has 0 radical (unpaired) electrons. The number of pyridine rings is 1. The Morgan fingerprint density at radius 1 is 0.917 bits per heavy atom. The van der Waals surface area contributed by atoms with Crippen molar-refractivity contribution in [1.29, 1.82) is 0 Å². The molecule has 260 valence electrons. The minimum Gasteiger partial charge on any atom is -0.415 e. The van der Waals surface area contributed by atoms with Crippen LogP contribution in [-0.2, 0) is 32.1 Å². The number of likely N-dealkylation sites (N-methyl/N-ethyl adjacent to an activating group) is 2. The summed E-state index contributed by atoms with van der Waals surface area (Å²) < 4.78 is 87.8. The number of halogens is 6. The highest BCUT2D eigenvalue weighted by atomic mass is 19.4. The SMILES string of the molecule is CCCC(=O)OC[N+]1(C)CCN(c2ncc(N(C)C(=O)C(C)(C)c3cc(C(F)(F)F)cc(C(F)(F)F)c3)cc2-c2ccccc2C)CC1. The molecule has 2 heterocycles. The molecule has 1 aliphatic rings. The predicted octanol–water partition coefficient (Wildman–Crippen LogP) is 7.60. The number of aryl methyl sites for hydroxylation is 1. The van der Waals surface area contributed by atoms with Gasteiger partial charge >= 0.3 is 18.3 Å². The molecule has 0 N–H and O–H groups in total. The molecule has 1 fully saturated rings. The molecular weight excluding hydrogens is 638 g/mol. The molecule has 1 aliphatic heterocycles. The zero-order chi connectivity index (χ0) is 35.7. The van der Waals surface area contributed by atoms with Gasteiger partial charge < -0.3 is 14.5 Å². The fourth-order valence-corrected chi connectivity index (χ4v) is 5.72. The van der Waals surface area contributed by atoms with Gasteiger partial charge in [0.05, 0.1) is 61.7 Å². The lowest BCUT2D eigenvalue weighted by atomic mass is 9.81. The first-order chi connectivity index (χ1) is 22.3. The number of benzene rings is 2. The maximum Gasteiger partial charge on any atom is 0.416 e. The fraction of sp³-hybridized carbons (Fsp3) is 0.457. The summed E-state index contributed by atoms with van der Waals surface area (Å²) in [4.78, 5) is 33.9. The van der Waals surface area contributed by atoms with E-state index in [0.717, 1.165) is 11.1 Å². The van der Waals surface area contributed by atoms with Crippen LogP contribution in [0.5, 0.6) is 0 Å². The molecule has 0 spiro atoms. The third-order valence-electron chi connectivity index (χ3n) is 8.93. The number of amides is 1. The number of quaternary nitrogens is 1. The minimum absolute atomic E-state index is 0.0476. The van der Waals surface area contributed by atoms with E-state index in [9.17, 15) is 35.9 Å². The van der Waals surface area contributed by atoms with Gasteiger partial charge in [-0.25, -0.2) is 4.98 Å². The van der Waals surface area contributed by atoms with E-state index in [0.29, 0.717) is 72.7 Å². The normalized spacial score (nSPS) is 15.3. The lowest BCUT2D eigenvalue weighted by molar-refractivity contribution is -0.926. The van der Waals surface area contributed by atoms with Gasteiger partial charge in [-0.15, -0.1) is 0 Å². The highest BCUT2D eigenvalue weighted by Crippen LogP contribution is 2.41. The van der Waals surface area contributed by atoms with Crippen molar-refractivity contribution in [1.82, 2.24) is 4.98 Å². The van der Waals surface area contributed by atoms with Gasteiger partial charge in [-0.1, -0.05) is 31.2 Å². The van der Waals surface area contributed by atoms with Gasteiger partial charge in [-0.3, -0.25) is 14.1 Å². The van der Waals surface area contributed by atoms with E-state index in [2.05, 4.69) is 4.90 Å². The number of carbonyl (C=O) groups excluding carboxylic acids is 2. The Morgan fingerprint density at radius 2 is 1.48 bits per heavy atom. The second-order valence-corrected chi connectivity index (χ2v) is 13.1. The van der Waals surface area contributed by atoms with Crippen molar-refractivity contribution in [3.8, 4) is 11.1 Å². The molecule has 3 aromatic rings. The Morgan fingerprint density at radius 3 is 2.02 bits per heavy atom. The standard InChI is InChI=1S/C35H41F6N4O3/c1-7-10-30(46)48-22-45(6)15-13-44(14-16-45)31-29(28-12-9-8-11-23(28)2)20-27(21-42-31)43(5)32(47)33(3,4)24-17-25(34(36,37)38)19-26(18-24)35(39,40)41/h8-9,11-12,17-21H,7,10,13-16,22H2,1-6H3/q+1. The first-order valence-corrected chi connectivity index (χ1v) is 15.6. The van der Waals surface area contributed by atoms with E-state index in [1.165, 1.54) is 32.0 Å². The van der Waals surface area contributed by atoms with Gasteiger partial charge in [0.2, 0.25) is 12.6 Å². The summed E-state index contributed by atoms with van der Waals surface area (Å²) in [5.74, 6) is -0.284. The second kappa shape index (κ2) is 13.8. The van der Waals surface area contributed by atoms with Crippen LogP contribution in [0.3, 0.4) is 0 Å². The Balaban J connectivity index is 1.67. The monoisotopic (exact) mass is 679 g/mol. The van der Waals surface area contributed by atoms with Gasteiger partial charge in [-0.05, 0) is 68.1 Å². The average molecular weight is 680 g/mol. The zero-order valence-corrected chi connectivity index (χ0v) is 27.9. The van der Waals surface area contributed by atoms with Gasteiger partial charge in [0.1, 0.15) is 5.82 Å². The maximum absolute atomic E-state index is 13.9. The number of rotatable bonds is 9. The van der Waals surface area contributed by atoms with Gasteiger partial charge in [-0.2, -0.15) is 26.3 Å². The first kappa shape index (κ1) is 36.7. The molecule has 7 nitrogen and oxygen atoms in total. The number of ether oxygens (including phenoxy) is 1. The molecule has 0 aliphatic carbocycles. The van der Waals surface area contributed by atoms with E-state index < -0.39 is 40.4 Å². The molecule has 0 saturated carbocycles. The highest BCUT2D eigenvalue weighted by molar-refractivity contribution is 6.01. The molecule has 13 heteroatoms. The Hall–Kier alpha value is -4.13. The van der Waals surface area contributed by atoms with E-state index in [-0.39, 0.29) is 18.8 Å².